The molecule has 0 spiro atoms. The number of rotatable bonds is 5. The van der Waals surface area contributed by atoms with Crippen molar-refractivity contribution in [3.8, 4) is 0 Å². The van der Waals surface area contributed by atoms with Gasteiger partial charge in [-0.3, -0.25) is 0 Å². The molecule has 0 radical (unpaired) electrons. The summed E-state index contributed by atoms with van der Waals surface area (Å²) in [5.74, 6) is 1.36. The van der Waals surface area contributed by atoms with Crippen LogP contribution in [0.5, 0.6) is 0 Å². The molecule has 23 heavy (non-hydrogen) atoms. The molecule has 4 nitrogen and oxygen atoms in total. The fourth-order valence-corrected chi connectivity index (χ4v) is 2.46. The molecule has 1 aromatic heterocycles. The molecule has 1 heterocycles. The molecule has 0 aliphatic heterocycles. The predicted octanol–water partition coefficient (Wildman–Crippen LogP) is 4.90. The molecule has 5 heteroatoms. The highest BCUT2D eigenvalue weighted by Gasteiger charge is 2.01. The Morgan fingerprint density at radius 3 is 2.65 bits per heavy atom. The van der Waals surface area contributed by atoms with Crippen molar-refractivity contribution in [1.29, 1.82) is 0 Å². The lowest BCUT2D eigenvalue weighted by Crippen LogP contribution is -2.05. The second-order valence-electron chi connectivity index (χ2n) is 5.24. The topological polar surface area (TPSA) is 49.8 Å². The quantitative estimate of drug-likeness (QED) is 0.672. The number of aromatic nitrogens is 2. The van der Waals surface area contributed by atoms with E-state index in [0.29, 0.717) is 12.5 Å². The summed E-state index contributed by atoms with van der Waals surface area (Å²) < 4.78 is 1.05. The molecule has 0 saturated carbocycles. The van der Waals surface area contributed by atoms with Crippen molar-refractivity contribution in [2.45, 2.75) is 13.5 Å². The number of nitrogens with one attached hydrogen (secondary N) is 2. The molecule has 2 N–H and O–H groups in total. The molecule has 2 aromatic carbocycles. The fraction of sp³-hybridized carbons (Fsp3) is 0.111. The summed E-state index contributed by atoms with van der Waals surface area (Å²) >= 11 is 3.43. The van der Waals surface area contributed by atoms with Crippen molar-refractivity contribution in [3.63, 3.8) is 0 Å². The standard InChI is InChI=1S/C18H17BrN4/c1-13-3-2-4-14(11-13)12-21-18-20-10-9-17(23-18)22-16-7-5-15(19)6-8-16/h2-11H,12H2,1H3,(H2,20,21,22,23). The zero-order valence-electron chi connectivity index (χ0n) is 12.8. The van der Waals surface area contributed by atoms with Crippen LogP contribution in [0.1, 0.15) is 11.1 Å². The lowest BCUT2D eigenvalue weighted by atomic mass is 10.1. The van der Waals surface area contributed by atoms with Crippen molar-refractivity contribution in [3.05, 3.63) is 76.4 Å². The van der Waals surface area contributed by atoms with Gasteiger partial charge < -0.3 is 10.6 Å². The minimum atomic E-state index is 0.605. The molecular weight excluding hydrogens is 352 g/mol. The first-order valence-electron chi connectivity index (χ1n) is 7.34. The van der Waals surface area contributed by atoms with Crippen LogP contribution in [0, 0.1) is 6.92 Å². The Morgan fingerprint density at radius 2 is 1.87 bits per heavy atom. The van der Waals surface area contributed by atoms with Crippen molar-refractivity contribution in [1.82, 2.24) is 9.97 Å². The minimum Gasteiger partial charge on any atom is -0.350 e. The summed E-state index contributed by atoms with van der Waals surface area (Å²) in [6.07, 6.45) is 1.74. The molecule has 0 amide bonds. The highest BCUT2D eigenvalue weighted by molar-refractivity contribution is 9.10. The van der Waals surface area contributed by atoms with Crippen LogP contribution in [-0.4, -0.2) is 9.97 Å². The number of benzene rings is 2. The number of anilines is 3. The van der Waals surface area contributed by atoms with Gasteiger partial charge in [-0.2, -0.15) is 4.98 Å². The molecule has 0 unspecified atom stereocenters. The Morgan fingerprint density at radius 1 is 1.04 bits per heavy atom. The lowest BCUT2D eigenvalue weighted by Gasteiger charge is -2.09. The number of nitrogens with zero attached hydrogens (tertiary/aromatic N) is 2. The van der Waals surface area contributed by atoms with Gasteiger partial charge in [-0.25, -0.2) is 4.98 Å². The molecular formula is C18H17BrN4. The Hall–Kier alpha value is -2.40. The predicted molar refractivity (Wildman–Crippen MR) is 98.0 cm³/mol. The van der Waals surface area contributed by atoms with E-state index in [-0.39, 0.29) is 0 Å². The Balaban J connectivity index is 1.66. The second kappa shape index (κ2) is 7.24. The monoisotopic (exact) mass is 368 g/mol. The minimum absolute atomic E-state index is 0.605. The Kier molecular flexibility index (Phi) is 4.88. The largest absolute Gasteiger partial charge is 0.350 e. The van der Waals surface area contributed by atoms with Crippen molar-refractivity contribution in [2.75, 3.05) is 10.6 Å². The number of halogens is 1. The maximum Gasteiger partial charge on any atom is 0.224 e. The third-order valence-corrected chi connectivity index (χ3v) is 3.83. The van der Waals surface area contributed by atoms with Crippen LogP contribution in [0.4, 0.5) is 17.5 Å². The first-order chi connectivity index (χ1) is 11.2. The van der Waals surface area contributed by atoms with Gasteiger partial charge in [0, 0.05) is 22.9 Å². The van der Waals surface area contributed by atoms with Crippen molar-refractivity contribution in [2.24, 2.45) is 0 Å². The highest BCUT2D eigenvalue weighted by Crippen LogP contribution is 2.18. The van der Waals surface area contributed by atoms with Crippen LogP contribution < -0.4 is 10.6 Å². The van der Waals surface area contributed by atoms with E-state index >= 15 is 0 Å². The van der Waals surface area contributed by atoms with E-state index < -0.39 is 0 Å². The van der Waals surface area contributed by atoms with Gasteiger partial charge in [0.25, 0.3) is 0 Å². The Bertz CT molecular complexity index is 787. The van der Waals surface area contributed by atoms with Crippen LogP contribution in [0.3, 0.4) is 0 Å². The van der Waals surface area contributed by atoms with E-state index in [0.717, 1.165) is 16.0 Å². The zero-order valence-corrected chi connectivity index (χ0v) is 14.3. The van der Waals surface area contributed by atoms with Gasteiger partial charge in [0.15, 0.2) is 0 Å². The van der Waals surface area contributed by atoms with E-state index in [1.165, 1.54) is 11.1 Å². The normalized spacial score (nSPS) is 10.3. The molecule has 116 valence electrons. The highest BCUT2D eigenvalue weighted by atomic mass is 79.9. The molecule has 3 aromatic rings. The first kappa shape index (κ1) is 15.5. The van der Waals surface area contributed by atoms with Crippen LogP contribution in [0.15, 0.2) is 65.3 Å². The van der Waals surface area contributed by atoms with E-state index in [2.05, 4.69) is 67.7 Å². The van der Waals surface area contributed by atoms with Gasteiger partial charge >= 0.3 is 0 Å². The van der Waals surface area contributed by atoms with Crippen LogP contribution in [0.25, 0.3) is 0 Å². The van der Waals surface area contributed by atoms with E-state index in [9.17, 15) is 0 Å². The summed E-state index contributed by atoms with van der Waals surface area (Å²) in [5, 5.41) is 6.52. The third-order valence-electron chi connectivity index (χ3n) is 3.31. The van der Waals surface area contributed by atoms with E-state index in [1.807, 2.05) is 30.3 Å². The molecule has 0 aliphatic rings. The molecule has 3 rings (SSSR count). The number of hydrogen-bond donors (Lipinski definition) is 2. The zero-order chi connectivity index (χ0) is 16.1. The maximum absolute atomic E-state index is 4.48. The van der Waals surface area contributed by atoms with Crippen LogP contribution in [-0.2, 0) is 6.54 Å². The Labute approximate surface area is 144 Å². The lowest BCUT2D eigenvalue weighted by molar-refractivity contribution is 1.05. The second-order valence-corrected chi connectivity index (χ2v) is 6.16. The van der Waals surface area contributed by atoms with Crippen molar-refractivity contribution < 1.29 is 0 Å². The molecule has 0 saturated heterocycles. The summed E-state index contributed by atoms with van der Waals surface area (Å²) in [5.41, 5.74) is 3.44. The summed E-state index contributed by atoms with van der Waals surface area (Å²) in [4.78, 5) is 8.75. The van der Waals surface area contributed by atoms with Gasteiger partial charge in [-0.15, -0.1) is 0 Å². The van der Waals surface area contributed by atoms with Gasteiger partial charge in [0.1, 0.15) is 5.82 Å². The molecule has 0 bridgehead atoms. The fourth-order valence-electron chi connectivity index (χ4n) is 2.20. The summed E-state index contributed by atoms with van der Waals surface area (Å²) in [6, 6.07) is 18.2. The van der Waals surface area contributed by atoms with Gasteiger partial charge in [-0.1, -0.05) is 45.8 Å². The molecule has 0 fully saturated rings. The molecule has 0 atom stereocenters. The van der Waals surface area contributed by atoms with E-state index in [4.69, 9.17) is 0 Å². The van der Waals surface area contributed by atoms with Crippen LogP contribution >= 0.6 is 15.9 Å². The number of hydrogen-bond acceptors (Lipinski definition) is 4. The third kappa shape index (κ3) is 4.53. The smallest absolute Gasteiger partial charge is 0.224 e. The first-order valence-corrected chi connectivity index (χ1v) is 8.13. The van der Waals surface area contributed by atoms with Gasteiger partial charge in [0.05, 0.1) is 0 Å². The average Bonchev–Trinajstić information content (AvgIpc) is 2.56. The summed E-state index contributed by atoms with van der Waals surface area (Å²) in [7, 11) is 0. The summed E-state index contributed by atoms with van der Waals surface area (Å²) in [6.45, 7) is 2.78. The SMILES string of the molecule is Cc1cccc(CNc2nccc(Nc3ccc(Br)cc3)n2)c1. The van der Waals surface area contributed by atoms with Crippen molar-refractivity contribution >= 4 is 33.4 Å². The number of aryl methyl sites for hydroxylation is 1. The van der Waals surface area contributed by atoms with Gasteiger partial charge in [-0.05, 0) is 42.8 Å². The van der Waals surface area contributed by atoms with E-state index in [1.54, 1.807) is 6.20 Å². The van der Waals surface area contributed by atoms with Gasteiger partial charge in [0.2, 0.25) is 5.95 Å². The maximum atomic E-state index is 4.48. The average molecular weight is 369 g/mol. The molecule has 0 aliphatic carbocycles. The van der Waals surface area contributed by atoms with Crippen LogP contribution in [0.2, 0.25) is 0 Å².